The molecule has 0 spiro atoms. The molecule has 118 valence electrons. The first-order chi connectivity index (χ1) is 11.6. The second-order valence-corrected chi connectivity index (χ2v) is 5.37. The molecule has 4 rings (SSSR count). The number of hydrogen-bond acceptors (Lipinski definition) is 4. The third-order valence-corrected chi connectivity index (χ3v) is 3.78. The van der Waals surface area contributed by atoms with Gasteiger partial charge in [-0.25, -0.2) is 14.4 Å². The van der Waals surface area contributed by atoms with Crippen LogP contribution < -0.4 is 11.1 Å². The van der Waals surface area contributed by atoms with Crippen molar-refractivity contribution in [3.05, 3.63) is 81.0 Å². The van der Waals surface area contributed by atoms with E-state index in [-0.39, 0.29) is 34.3 Å². The molecule has 1 N–H and O–H groups in total. The van der Waals surface area contributed by atoms with Crippen molar-refractivity contribution in [3.8, 4) is 0 Å². The Bertz CT molecular complexity index is 1200. The molecule has 2 heterocycles. The highest BCUT2D eigenvalue weighted by atomic mass is 19.1. The van der Waals surface area contributed by atoms with Gasteiger partial charge in [0.25, 0.3) is 11.1 Å². The van der Waals surface area contributed by atoms with E-state index in [1.54, 1.807) is 18.2 Å². The summed E-state index contributed by atoms with van der Waals surface area (Å²) in [7, 11) is 0. The second-order valence-electron chi connectivity index (χ2n) is 5.37. The molecule has 0 aliphatic rings. The molecule has 2 aromatic heterocycles. The highest BCUT2D eigenvalue weighted by molar-refractivity contribution is 5.77. The van der Waals surface area contributed by atoms with Gasteiger partial charge in [-0.15, -0.1) is 0 Å². The maximum Gasteiger partial charge on any atom is 0.272 e. The smallest absolute Gasteiger partial charge is 0.272 e. The van der Waals surface area contributed by atoms with Crippen LogP contribution in [0.1, 0.15) is 5.69 Å². The first-order valence-corrected chi connectivity index (χ1v) is 7.24. The quantitative estimate of drug-likeness (QED) is 0.610. The summed E-state index contributed by atoms with van der Waals surface area (Å²) in [6.07, 6.45) is 1.29. The number of aromatic nitrogens is 4. The monoisotopic (exact) mass is 322 g/mol. The number of hydrogen-bond donors (Lipinski definition) is 1. The minimum Gasteiger partial charge on any atom is -0.319 e. The van der Waals surface area contributed by atoms with Crippen molar-refractivity contribution >= 4 is 21.9 Å². The zero-order valence-electron chi connectivity index (χ0n) is 12.4. The molecule has 0 aliphatic carbocycles. The summed E-state index contributed by atoms with van der Waals surface area (Å²) < 4.78 is 14.5. The Labute approximate surface area is 134 Å². The van der Waals surface area contributed by atoms with E-state index in [4.69, 9.17) is 0 Å². The van der Waals surface area contributed by atoms with Crippen LogP contribution in [0.25, 0.3) is 21.9 Å². The van der Waals surface area contributed by atoms with Gasteiger partial charge in [-0.1, -0.05) is 12.1 Å². The minimum atomic E-state index is -0.459. The highest BCUT2D eigenvalue weighted by Crippen LogP contribution is 2.09. The minimum absolute atomic E-state index is 0.0146. The van der Waals surface area contributed by atoms with Crippen LogP contribution in [0.15, 0.2) is 58.4 Å². The number of halogens is 1. The van der Waals surface area contributed by atoms with Gasteiger partial charge in [-0.3, -0.25) is 14.2 Å². The summed E-state index contributed by atoms with van der Waals surface area (Å²) in [6, 6.07) is 10.9. The van der Waals surface area contributed by atoms with E-state index in [2.05, 4.69) is 15.0 Å². The molecular weight excluding hydrogens is 311 g/mol. The molecule has 4 aromatic rings. The standard InChI is InChI=1S/C17H11FN4O2/c18-10-5-6-11-14(7-10)19-9-22(17(11)24)8-15-16(23)21-13-4-2-1-3-12(13)20-15/h1-7,9H,8H2,(H,21,23). The zero-order valence-corrected chi connectivity index (χ0v) is 12.4. The van der Waals surface area contributed by atoms with E-state index in [0.717, 1.165) is 0 Å². The van der Waals surface area contributed by atoms with Crippen LogP contribution in [-0.2, 0) is 6.54 Å². The molecule has 0 saturated heterocycles. The van der Waals surface area contributed by atoms with E-state index < -0.39 is 5.82 Å². The van der Waals surface area contributed by atoms with Crippen molar-refractivity contribution in [1.29, 1.82) is 0 Å². The summed E-state index contributed by atoms with van der Waals surface area (Å²) >= 11 is 0. The lowest BCUT2D eigenvalue weighted by Crippen LogP contribution is -2.26. The van der Waals surface area contributed by atoms with Gasteiger partial charge >= 0.3 is 0 Å². The van der Waals surface area contributed by atoms with Crippen LogP contribution in [0.4, 0.5) is 4.39 Å². The molecule has 2 aromatic carbocycles. The lowest BCUT2D eigenvalue weighted by molar-refractivity contribution is 0.629. The topological polar surface area (TPSA) is 80.6 Å². The van der Waals surface area contributed by atoms with Crippen LogP contribution in [0, 0.1) is 5.82 Å². The van der Waals surface area contributed by atoms with Crippen LogP contribution in [-0.4, -0.2) is 19.5 Å². The Morgan fingerprint density at radius 3 is 2.79 bits per heavy atom. The predicted molar refractivity (Wildman–Crippen MR) is 87.4 cm³/mol. The average Bonchev–Trinajstić information content (AvgIpc) is 2.58. The fourth-order valence-corrected chi connectivity index (χ4v) is 2.58. The molecule has 0 amide bonds. The van der Waals surface area contributed by atoms with E-state index in [1.807, 2.05) is 6.07 Å². The fraction of sp³-hybridized carbons (Fsp3) is 0.0588. The lowest BCUT2D eigenvalue weighted by Gasteiger charge is -2.06. The molecule has 24 heavy (non-hydrogen) atoms. The first-order valence-electron chi connectivity index (χ1n) is 7.24. The van der Waals surface area contributed by atoms with Gasteiger partial charge in [-0.2, -0.15) is 0 Å². The molecule has 6 nitrogen and oxygen atoms in total. The van der Waals surface area contributed by atoms with Crippen molar-refractivity contribution < 1.29 is 4.39 Å². The normalized spacial score (nSPS) is 11.2. The fourth-order valence-electron chi connectivity index (χ4n) is 2.58. The van der Waals surface area contributed by atoms with E-state index >= 15 is 0 Å². The number of benzene rings is 2. The predicted octanol–water partition coefficient (Wildman–Crippen LogP) is 1.82. The summed E-state index contributed by atoms with van der Waals surface area (Å²) in [5.74, 6) is -0.459. The average molecular weight is 322 g/mol. The van der Waals surface area contributed by atoms with Crippen LogP contribution in [0.5, 0.6) is 0 Å². The largest absolute Gasteiger partial charge is 0.319 e. The molecular formula is C17H11FN4O2. The number of H-pyrrole nitrogens is 1. The summed E-state index contributed by atoms with van der Waals surface area (Å²) in [6.45, 7) is -0.0146. The third-order valence-electron chi connectivity index (χ3n) is 3.78. The first kappa shape index (κ1) is 14.3. The summed E-state index contributed by atoms with van der Waals surface area (Å²) in [4.78, 5) is 35.8. The van der Waals surface area contributed by atoms with Gasteiger partial charge in [0, 0.05) is 6.07 Å². The number of aromatic amines is 1. The van der Waals surface area contributed by atoms with Crippen LogP contribution in [0.3, 0.4) is 0 Å². The number of fused-ring (bicyclic) bond motifs is 2. The highest BCUT2D eigenvalue weighted by Gasteiger charge is 2.09. The molecule has 0 aliphatic heterocycles. The molecule has 0 radical (unpaired) electrons. The van der Waals surface area contributed by atoms with Crippen molar-refractivity contribution in [3.63, 3.8) is 0 Å². The Hall–Kier alpha value is -3.35. The van der Waals surface area contributed by atoms with Gasteiger partial charge in [0.2, 0.25) is 0 Å². The maximum atomic E-state index is 13.2. The number of nitrogens with zero attached hydrogens (tertiary/aromatic N) is 3. The number of rotatable bonds is 2. The Morgan fingerprint density at radius 1 is 1.08 bits per heavy atom. The number of para-hydroxylation sites is 2. The van der Waals surface area contributed by atoms with Gasteiger partial charge < -0.3 is 4.98 Å². The molecule has 0 saturated carbocycles. The SMILES string of the molecule is O=c1[nH]c2ccccc2nc1Cn1cnc2cc(F)ccc2c1=O. The molecule has 0 bridgehead atoms. The Morgan fingerprint density at radius 2 is 1.92 bits per heavy atom. The summed E-state index contributed by atoms with van der Waals surface area (Å²) in [5.41, 5.74) is 1.03. The maximum absolute atomic E-state index is 13.2. The Balaban J connectivity index is 1.83. The van der Waals surface area contributed by atoms with Crippen LogP contribution >= 0.6 is 0 Å². The summed E-state index contributed by atoms with van der Waals surface area (Å²) in [5, 5.41) is 0.288. The third kappa shape index (κ3) is 2.36. The van der Waals surface area contributed by atoms with Crippen molar-refractivity contribution in [2.45, 2.75) is 6.54 Å². The molecule has 0 fully saturated rings. The van der Waals surface area contributed by atoms with E-state index in [0.29, 0.717) is 11.0 Å². The van der Waals surface area contributed by atoms with Gasteiger partial charge in [0.15, 0.2) is 0 Å². The molecule has 7 heteroatoms. The molecule has 0 atom stereocenters. The zero-order chi connectivity index (χ0) is 16.7. The molecule has 0 unspecified atom stereocenters. The Kier molecular flexibility index (Phi) is 3.19. The van der Waals surface area contributed by atoms with Crippen LogP contribution in [0.2, 0.25) is 0 Å². The van der Waals surface area contributed by atoms with Gasteiger partial charge in [-0.05, 0) is 24.3 Å². The van der Waals surface area contributed by atoms with Gasteiger partial charge in [0.05, 0.1) is 34.8 Å². The van der Waals surface area contributed by atoms with Crippen molar-refractivity contribution in [2.24, 2.45) is 0 Å². The van der Waals surface area contributed by atoms with E-state index in [9.17, 15) is 14.0 Å². The van der Waals surface area contributed by atoms with Crippen molar-refractivity contribution in [1.82, 2.24) is 19.5 Å². The van der Waals surface area contributed by atoms with Gasteiger partial charge in [0.1, 0.15) is 11.5 Å². The van der Waals surface area contributed by atoms with Crippen molar-refractivity contribution in [2.75, 3.05) is 0 Å². The lowest BCUT2D eigenvalue weighted by atomic mass is 10.2. The number of nitrogens with one attached hydrogen (secondary N) is 1. The van der Waals surface area contributed by atoms with E-state index in [1.165, 1.54) is 29.1 Å². The second kappa shape index (κ2) is 5.38.